The maximum absolute atomic E-state index is 11.8. The Kier molecular flexibility index (Phi) is 6.69. The summed E-state index contributed by atoms with van der Waals surface area (Å²) in [5.41, 5.74) is 0.847. The molecule has 23 heavy (non-hydrogen) atoms. The first-order valence-electron chi connectivity index (χ1n) is 7.74. The highest BCUT2D eigenvalue weighted by Gasteiger charge is 2.18. The first-order chi connectivity index (χ1) is 11.0. The van der Waals surface area contributed by atoms with E-state index < -0.39 is 6.03 Å². The van der Waals surface area contributed by atoms with Crippen molar-refractivity contribution in [3.05, 3.63) is 33.8 Å². The van der Waals surface area contributed by atoms with Crippen molar-refractivity contribution >= 4 is 35.1 Å². The number of carbonyl (C=O) groups excluding carboxylic acids is 2. The number of imide groups is 1. The summed E-state index contributed by atoms with van der Waals surface area (Å²) in [6.45, 7) is 1.92. The third-order valence-corrected chi connectivity index (χ3v) is 4.50. The summed E-state index contributed by atoms with van der Waals surface area (Å²) in [7, 11) is 0. The second-order valence-corrected chi connectivity index (χ2v) is 6.62. The van der Waals surface area contributed by atoms with Crippen molar-refractivity contribution in [1.82, 2.24) is 16.0 Å². The molecular formula is C16H21Cl2N3O2. The third-order valence-electron chi connectivity index (χ3n) is 3.94. The molecule has 3 N–H and O–H groups in total. The summed E-state index contributed by atoms with van der Waals surface area (Å²) in [4.78, 5) is 23.5. The van der Waals surface area contributed by atoms with Gasteiger partial charge in [-0.3, -0.25) is 10.1 Å². The predicted molar refractivity (Wildman–Crippen MR) is 91.8 cm³/mol. The summed E-state index contributed by atoms with van der Waals surface area (Å²) in [5.74, 6) is -0.377. The Hall–Kier alpha value is -1.30. The fraction of sp³-hybridized carbons (Fsp3) is 0.500. The minimum absolute atomic E-state index is 0.0260. The molecule has 1 aliphatic rings. The largest absolute Gasteiger partial charge is 0.335 e. The van der Waals surface area contributed by atoms with Gasteiger partial charge in [-0.2, -0.15) is 0 Å². The molecule has 0 unspecified atom stereocenters. The standard InChI is InChI=1S/C16H21Cl2N3O2/c1-10(13-7-6-11(17)8-14(13)18)19-9-15(22)21-16(23)20-12-4-2-3-5-12/h6-8,10,12,19H,2-5,9H2,1H3,(H2,20,21,22,23)/t10-/m1/s1. The second kappa shape index (κ2) is 8.52. The number of hydrogen-bond acceptors (Lipinski definition) is 3. The van der Waals surface area contributed by atoms with Gasteiger partial charge in [0.05, 0.1) is 6.54 Å². The average molecular weight is 358 g/mol. The zero-order valence-corrected chi connectivity index (χ0v) is 14.5. The van der Waals surface area contributed by atoms with E-state index in [2.05, 4.69) is 16.0 Å². The maximum Gasteiger partial charge on any atom is 0.321 e. The van der Waals surface area contributed by atoms with Crippen LogP contribution in [0.15, 0.2) is 18.2 Å². The Morgan fingerprint density at radius 1 is 1.26 bits per heavy atom. The molecule has 126 valence electrons. The van der Waals surface area contributed by atoms with E-state index in [-0.39, 0.29) is 24.5 Å². The summed E-state index contributed by atoms with van der Waals surface area (Å²) in [5, 5.41) is 9.28. The average Bonchev–Trinajstić information content (AvgIpc) is 2.97. The number of urea groups is 1. The molecule has 1 atom stereocenters. The summed E-state index contributed by atoms with van der Waals surface area (Å²) >= 11 is 12.0. The number of benzene rings is 1. The topological polar surface area (TPSA) is 70.2 Å². The Balaban J connectivity index is 1.75. The minimum Gasteiger partial charge on any atom is -0.335 e. The van der Waals surface area contributed by atoms with Crippen LogP contribution in [0, 0.1) is 0 Å². The van der Waals surface area contributed by atoms with Gasteiger partial charge in [0.1, 0.15) is 0 Å². The summed E-state index contributed by atoms with van der Waals surface area (Å²) < 4.78 is 0. The van der Waals surface area contributed by atoms with Crippen molar-refractivity contribution < 1.29 is 9.59 Å². The van der Waals surface area contributed by atoms with Crippen LogP contribution in [0.4, 0.5) is 4.79 Å². The lowest BCUT2D eigenvalue weighted by molar-refractivity contribution is -0.119. The smallest absolute Gasteiger partial charge is 0.321 e. The molecule has 0 radical (unpaired) electrons. The van der Waals surface area contributed by atoms with Crippen molar-refractivity contribution in [2.75, 3.05) is 6.54 Å². The Labute approximate surface area is 146 Å². The fourth-order valence-corrected chi connectivity index (χ4v) is 3.24. The molecule has 1 aromatic rings. The van der Waals surface area contributed by atoms with Crippen LogP contribution in [0.5, 0.6) is 0 Å². The van der Waals surface area contributed by atoms with E-state index in [1.165, 1.54) is 0 Å². The van der Waals surface area contributed by atoms with E-state index in [0.717, 1.165) is 31.2 Å². The fourth-order valence-electron chi connectivity index (χ4n) is 2.67. The minimum atomic E-state index is -0.430. The first kappa shape index (κ1) is 18.0. The molecule has 1 aliphatic carbocycles. The highest BCUT2D eigenvalue weighted by Crippen LogP contribution is 2.25. The second-order valence-electron chi connectivity index (χ2n) is 5.77. The van der Waals surface area contributed by atoms with Crippen molar-refractivity contribution in [1.29, 1.82) is 0 Å². The van der Waals surface area contributed by atoms with Gasteiger partial charge in [0, 0.05) is 22.1 Å². The van der Waals surface area contributed by atoms with E-state index in [4.69, 9.17) is 23.2 Å². The van der Waals surface area contributed by atoms with Crippen molar-refractivity contribution in [2.45, 2.75) is 44.7 Å². The van der Waals surface area contributed by atoms with E-state index in [0.29, 0.717) is 10.0 Å². The van der Waals surface area contributed by atoms with Crippen LogP contribution in [0.2, 0.25) is 10.0 Å². The van der Waals surface area contributed by atoms with Gasteiger partial charge in [-0.05, 0) is 37.5 Å². The Morgan fingerprint density at radius 2 is 1.96 bits per heavy atom. The maximum atomic E-state index is 11.8. The Bertz CT molecular complexity index is 574. The van der Waals surface area contributed by atoms with Gasteiger partial charge in [-0.25, -0.2) is 4.79 Å². The molecule has 0 heterocycles. The molecular weight excluding hydrogens is 337 g/mol. The van der Waals surface area contributed by atoms with E-state index in [1.807, 2.05) is 13.0 Å². The van der Waals surface area contributed by atoms with Crippen LogP contribution in [0.1, 0.15) is 44.2 Å². The molecule has 1 fully saturated rings. The van der Waals surface area contributed by atoms with E-state index in [1.54, 1.807) is 12.1 Å². The molecule has 7 heteroatoms. The number of rotatable bonds is 5. The predicted octanol–water partition coefficient (Wildman–Crippen LogP) is 3.41. The molecule has 1 saturated carbocycles. The number of halogens is 2. The third kappa shape index (κ3) is 5.68. The lowest BCUT2D eigenvalue weighted by Crippen LogP contribution is -2.46. The van der Waals surface area contributed by atoms with Crippen LogP contribution >= 0.6 is 23.2 Å². The quantitative estimate of drug-likeness (QED) is 0.756. The molecule has 2 rings (SSSR count). The van der Waals surface area contributed by atoms with Crippen LogP contribution in [-0.2, 0) is 4.79 Å². The molecule has 1 aromatic carbocycles. The molecule has 0 spiro atoms. The van der Waals surface area contributed by atoms with Crippen molar-refractivity contribution in [3.63, 3.8) is 0 Å². The van der Waals surface area contributed by atoms with E-state index in [9.17, 15) is 9.59 Å². The number of amides is 3. The molecule has 5 nitrogen and oxygen atoms in total. The molecule has 0 aliphatic heterocycles. The van der Waals surface area contributed by atoms with Crippen LogP contribution in [0.3, 0.4) is 0 Å². The van der Waals surface area contributed by atoms with Gasteiger partial charge in [0.2, 0.25) is 5.91 Å². The van der Waals surface area contributed by atoms with Gasteiger partial charge >= 0.3 is 6.03 Å². The first-order valence-corrected chi connectivity index (χ1v) is 8.50. The van der Waals surface area contributed by atoms with E-state index >= 15 is 0 Å². The van der Waals surface area contributed by atoms with Crippen LogP contribution in [0.25, 0.3) is 0 Å². The zero-order valence-electron chi connectivity index (χ0n) is 13.0. The van der Waals surface area contributed by atoms with Crippen molar-refractivity contribution in [2.24, 2.45) is 0 Å². The molecule has 3 amide bonds. The van der Waals surface area contributed by atoms with Gasteiger partial charge in [-0.1, -0.05) is 42.1 Å². The van der Waals surface area contributed by atoms with Crippen LogP contribution < -0.4 is 16.0 Å². The number of nitrogens with one attached hydrogen (secondary N) is 3. The highest BCUT2D eigenvalue weighted by atomic mass is 35.5. The zero-order chi connectivity index (χ0) is 16.8. The van der Waals surface area contributed by atoms with Crippen LogP contribution in [-0.4, -0.2) is 24.5 Å². The SMILES string of the molecule is C[C@@H](NCC(=O)NC(=O)NC1CCCC1)c1ccc(Cl)cc1Cl. The summed E-state index contributed by atoms with van der Waals surface area (Å²) in [6, 6.07) is 4.83. The Morgan fingerprint density at radius 3 is 2.61 bits per heavy atom. The normalized spacial score (nSPS) is 16.1. The van der Waals surface area contributed by atoms with Gasteiger partial charge < -0.3 is 10.6 Å². The monoisotopic (exact) mass is 357 g/mol. The van der Waals surface area contributed by atoms with Crippen molar-refractivity contribution in [3.8, 4) is 0 Å². The molecule has 0 aromatic heterocycles. The summed E-state index contributed by atoms with van der Waals surface area (Å²) in [6.07, 6.45) is 4.21. The molecule has 0 saturated heterocycles. The number of carbonyl (C=O) groups is 2. The highest BCUT2D eigenvalue weighted by molar-refractivity contribution is 6.35. The lowest BCUT2D eigenvalue weighted by Gasteiger charge is -2.16. The van der Waals surface area contributed by atoms with Gasteiger partial charge in [0.15, 0.2) is 0 Å². The number of hydrogen-bond donors (Lipinski definition) is 3. The van der Waals surface area contributed by atoms with Gasteiger partial charge in [0.25, 0.3) is 0 Å². The lowest BCUT2D eigenvalue weighted by atomic mass is 10.1. The van der Waals surface area contributed by atoms with Gasteiger partial charge in [-0.15, -0.1) is 0 Å². The molecule has 0 bridgehead atoms.